The number of carboxylic acid groups (broad SMARTS) is 1. The Labute approximate surface area is 215 Å². The molecule has 0 saturated carbocycles. The van der Waals surface area contributed by atoms with Gasteiger partial charge in [-0.15, -0.1) is 0 Å². The van der Waals surface area contributed by atoms with Crippen LogP contribution in [0.1, 0.15) is 22.6 Å². The molecule has 3 aromatic carbocycles. The van der Waals surface area contributed by atoms with E-state index in [9.17, 15) is 14.7 Å². The molecule has 0 atom stereocenters. The quantitative estimate of drug-likeness (QED) is 0.290. The number of ether oxygens (including phenoxy) is 2. The van der Waals surface area contributed by atoms with Gasteiger partial charge < -0.3 is 19.0 Å². The molecule has 4 aromatic rings. The third kappa shape index (κ3) is 7.44. The van der Waals surface area contributed by atoms with Crippen LogP contribution in [-0.2, 0) is 29.1 Å². The van der Waals surface area contributed by atoms with Crippen molar-refractivity contribution in [2.75, 3.05) is 13.2 Å². The van der Waals surface area contributed by atoms with Crippen molar-refractivity contribution in [2.45, 2.75) is 26.5 Å². The molecular weight excluding hydrogens is 472 g/mol. The Hall–Kier alpha value is -4.59. The van der Waals surface area contributed by atoms with Crippen molar-refractivity contribution in [3.8, 4) is 17.2 Å². The van der Waals surface area contributed by atoms with Gasteiger partial charge >= 0.3 is 12.1 Å². The molecule has 0 aliphatic heterocycles. The Morgan fingerprint density at radius 2 is 1.59 bits per heavy atom. The molecule has 1 aromatic heterocycles. The smallest absolute Gasteiger partial charge is 0.410 e. The van der Waals surface area contributed by atoms with Crippen LogP contribution >= 0.6 is 0 Å². The summed E-state index contributed by atoms with van der Waals surface area (Å²) in [5.74, 6) is 0.890. The lowest BCUT2D eigenvalue weighted by Gasteiger charge is -2.20. The minimum atomic E-state index is -1.12. The van der Waals surface area contributed by atoms with Crippen LogP contribution in [0.4, 0.5) is 4.79 Å². The van der Waals surface area contributed by atoms with Gasteiger partial charge in [0, 0.05) is 18.5 Å². The molecule has 0 fully saturated rings. The molecule has 37 heavy (non-hydrogen) atoms. The number of nitrogens with zero attached hydrogens (tertiary/aromatic N) is 2. The molecule has 8 heteroatoms. The zero-order valence-corrected chi connectivity index (χ0v) is 20.5. The Kier molecular flexibility index (Phi) is 8.54. The topological polar surface area (TPSA) is 102 Å². The first-order valence-electron chi connectivity index (χ1n) is 11.9. The van der Waals surface area contributed by atoms with E-state index in [0.717, 1.165) is 33.0 Å². The van der Waals surface area contributed by atoms with Crippen LogP contribution in [0.15, 0.2) is 89.3 Å². The molecule has 0 aliphatic carbocycles. The number of hydrogen-bond acceptors (Lipinski definition) is 6. The maximum Gasteiger partial charge on any atom is 0.410 e. The summed E-state index contributed by atoms with van der Waals surface area (Å²) in [6.45, 7) is 2.00. The van der Waals surface area contributed by atoms with E-state index in [-0.39, 0.29) is 13.2 Å². The summed E-state index contributed by atoms with van der Waals surface area (Å²) in [4.78, 5) is 29.6. The number of carbonyl (C=O) groups is 2. The number of amides is 1. The Morgan fingerprint density at radius 3 is 2.27 bits per heavy atom. The molecule has 0 radical (unpaired) electrons. The average Bonchev–Trinajstić information content (AvgIpc) is 3.29. The van der Waals surface area contributed by atoms with Gasteiger partial charge in [0.05, 0.1) is 12.3 Å². The minimum Gasteiger partial charge on any atom is -0.493 e. The van der Waals surface area contributed by atoms with Gasteiger partial charge in [0.2, 0.25) is 5.89 Å². The number of carboxylic acids is 1. The minimum absolute atomic E-state index is 0.0698. The molecule has 4 rings (SSSR count). The third-order valence-electron chi connectivity index (χ3n) is 5.61. The average molecular weight is 501 g/mol. The van der Waals surface area contributed by atoms with Crippen molar-refractivity contribution in [1.82, 2.24) is 9.88 Å². The number of benzene rings is 3. The fraction of sp³-hybridized carbons (Fsp3) is 0.207. The van der Waals surface area contributed by atoms with Gasteiger partial charge in [-0.3, -0.25) is 9.69 Å². The summed E-state index contributed by atoms with van der Waals surface area (Å²) >= 11 is 0. The predicted molar refractivity (Wildman–Crippen MR) is 137 cm³/mol. The van der Waals surface area contributed by atoms with E-state index >= 15 is 0 Å². The number of hydrogen-bond donors (Lipinski definition) is 1. The van der Waals surface area contributed by atoms with Gasteiger partial charge in [-0.05, 0) is 42.3 Å². The van der Waals surface area contributed by atoms with Crippen LogP contribution in [0.25, 0.3) is 11.5 Å². The second-order valence-electron chi connectivity index (χ2n) is 8.42. The van der Waals surface area contributed by atoms with E-state index in [0.29, 0.717) is 24.7 Å². The van der Waals surface area contributed by atoms with Gasteiger partial charge in [0.15, 0.2) is 0 Å². The molecule has 0 spiro atoms. The fourth-order valence-corrected chi connectivity index (χ4v) is 3.70. The molecular formula is C29H28N2O6. The molecule has 0 bridgehead atoms. The maximum absolute atomic E-state index is 12.5. The lowest BCUT2D eigenvalue weighted by molar-refractivity contribution is -0.138. The molecule has 1 heterocycles. The first kappa shape index (κ1) is 25.5. The number of carbonyl (C=O) groups excluding carboxylic acids is 1. The first-order valence-corrected chi connectivity index (χ1v) is 11.9. The van der Waals surface area contributed by atoms with Crippen molar-refractivity contribution in [3.05, 3.63) is 108 Å². The van der Waals surface area contributed by atoms with Gasteiger partial charge in [0.1, 0.15) is 24.7 Å². The largest absolute Gasteiger partial charge is 0.493 e. The Bertz CT molecular complexity index is 1300. The highest BCUT2D eigenvalue weighted by Crippen LogP contribution is 2.22. The zero-order valence-electron chi connectivity index (χ0n) is 20.5. The SMILES string of the molecule is Cc1oc(-c2ccccc2)nc1CCOc1ccc(CN(CC(=O)O)C(=O)OCc2ccccc2)cc1. The molecule has 0 unspecified atom stereocenters. The van der Waals surface area contributed by atoms with Crippen molar-refractivity contribution < 1.29 is 28.6 Å². The number of aliphatic carboxylic acids is 1. The van der Waals surface area contributed by atoms with Crippen molar-refractivity contribution in [1.29, 1.82) is 0 Å². The van der Waals surface area contributed by atoms with Crippen LogP contribution in [-0.4, -0.2) is 40.2 Å². The van der Waals surface area contributed by atoms with E-state index in [2.05, 4.69) is 4.98 Å². The molecule has 1 N–H and O–H groups in total. The molecule has 190 valence electrons. The molecule has 0 aliphatic rings. The van der Waals surface area contributed by atoms with E-state index in [1.807, 2.05) is 67.6 Å². The zero-order chi connectivity index (χ0) is 26.0. The van der Waals surface area contributed by atoms with Crippen LogP contribution < -0.4 is 4.74 Å². The van der Waals surface area contributed by atoms with Gasteiger partial charge in [-0.1, -0.05) is 60.7 Å². The Balaban J connectivity index is 1.29. The van der Waals surface area contributed by atoms with Gasteiger partial charge in [0.25, 0.3) is 0 Å². The summed E-state index contributed by atoms with van der Waals surface area (Å²) in [6.07, 6.45) is -0.103. The summed E-state index contributed by atoms with van der Waals surface area (Å²) in [5, 5.41) is 9.24. The van der Waals surface area contributed by atoms with E-state index < -0.39 is 18.6 Å². The molecule has 0 saturated heterocycles. The summed E-state index contributed by atoms with van der Waals surface area (Å²) in [5.41, 5.74) is 3.35. The van der Waals surface area contributed by atoms with Crippen LogP contribution in [0.5, 0.6) is 5.75 Å². The lowest BCUT2D eigenvalue weighted by atomic mass is 10.2. The number of aromatic nitrogens is 1. The first-order chi connectivity index (χ1) is 18.0. The van der Waals surface area contributed by atoms with Crippen molar-refractivity contribution in [3.63, 3.8) is 0 Å². The standard InChI is InChI=1S/C29H28N2O6/c1-21-26(30-28(37-21)24-10-6-3-7-11-24)16-17-35-25-14-12-22(13-15-25)18-31(19-27(32)33)29(34)36-20-23-8-4-2-5-9-23/h2-15H,16-20H2,1H3,(H,32,33). The number of rotatable bonds is 11. The number of aryl methyl sites for hydroxylation is 1. The summed E-state index contributed by atoms with van der Waals surface area (Å²) in [6, 6.07) is 26.1. The maximum atomic E-state index is 12.5. The highest BCUT2D eigenvalue weighted by molar-refractivity contribution is 5.76. The van der Waals surface area contributed by atoms with Crippen molar-refractivity contribution in [2.24, 2.45) is 0 Å². The highest BCUT2D eigenvalue weighted by atomic mass is 16.6. The molecule has 8 nitrogen and oxygen atoms in total. The second-order valence-corrected chi connectivity index (χ2v) is 8.42. The predicted octanol–water partition coefficient (Wildman–Crippen LogP) is 5.49. The Morgan fingerprint density at radius 1 is 0.919 bits per heavy atom. The van der Waals surface area contributed by atoms with Crippen LogP contribution in [0.2, 0.25) is 0 Å². The lowest BCUT2D eigenvalue weighted by Crippen LogP contribution is -2.35. The number of oxazole rings is 1. The van der Waals surface area contributed by atoms with E-state index in [4.69, 9.17) is 13.9 Å². The van der Waals surface area contributed by atoms with Crippen molar-refractivity contribution >= 4 is 12.1 Å². The van der Waals surface area contributed by atoms with Gasteiger partial charge in [-0.25, -0.2) is 9.78 Å². The monoisotopic (exact) mass is 500 g/mol. The summed E-state index contributed by atoms with van der Waals surface area (Å²) in [7, 11) is 0. The normalized spacial score (nSPS) is 10.6. The van der Waals surface area contributed by atoms with Crippen LogP contribution in [0.3, 0.4) is 0 Å². The molecule has 1 amide bonds. The van der Waals surface area contributed by atoms with E-state index in [1.54, 1.807) is 24.3 Å². The third-order valence-corrected chi connectivity index (χ3v) is 5.61. The fourth-order valence-electron chi connectivity index (χ4n) is 3.70. The highest BCUT2D eigenvalue weighted by Gasteiger charge is 2.19. The van der Waals surface area contributed by atoms with Crippen LogP contribution in [0, 0.1) is 6.92 Å². The second kappa shape index (κ2) is 12.4. The van der Waals surface area contributed by atoms with E-state index in [1.165, 1.54) is 0 Å². The van der Waals surface area contributed by atoms with Gasteiger partial charge in [-0.2, -0.15) is 0 Å². The summed E-state index contributed by atoms with van der Waals surface area (Å²) < 4.78 is 17.0.